The maximum atomic E-state index is 12.2. The Bertz CT molecular complexity index is 967. The zero-order valence-electron chi connectivity index (χ0n) is 12.6. The molecule has 24 heavy (non-hydrogen) atoms. The van der Waals surface area contributed by atoms with Gasteiger partial charge in [0.1, 0.15) is 17.8 Å². The van der Waals surface area contributed by atoms with Crippen molar-refractivity contribution >= 4 is 22.9 Å². The highest BCUT2D eigenvalue weighted by atomic mass is 16.5. The number of carbonyl (C=O) groups is 1. The van der Waals surface area contributed by atoms with E-state index < -0.39 is 6.09 Å². The van der Waals surface area contributed by atoms with Gasteiger partial charge in [-0.3, -0.25) is 10.1 Å². The molecule has 2 heterocycles. The largest absolute Gasteiger partial charge is 0.508 e. The van der Waals surface area contributed by atoms with Crippen molar-refractivity contribution in [3.05, 3.63) is 47.0 Å². The molecule has 0 fully saturated rings. The highest BCUT2D eigenvalue weighted by Gasteiger charge is 2.14. The van der Waals surface area contributed by atoms with Gasteiger partial charge < -0.3 is 14.3 Å². The average molecular weight is 327 g/mol. The molecule has 0 spiro atoms. The Balaban J connectivity index is 2.13. The molecule has 1 aromatic carbocycles. The number of nitrogens with one attached hydrogen (secondary N) is 1. The van der Waals surface area contributed by atoms with Gasteiger partial charge in [0.05, 0.1) is 18.5 Å². The third kappa shape index (κ3) is 3.02. The summed E-state index contributed by atoms with van der Waals surface area (Å²) in [6.07, 6.45) is 1.96. The Kier molecular flexibility index (Phi) is 4.11. The van der Waals surface area contributed by atoms with Gasteiger partial charge >= 0.3 is 6.09 Å². The third-order valence-corrected chi connectivity index (χ3v) is 3.17. The van der Waals surface area contributed by atoms with Crippen LogP contribution in [0.4, 0.5) is 10.5 Å². The first-order valence-electron chi connectivity index (χ1n) is 7.09. The fourth-order valence-corrected chi connectivity index (χ4v) is 2.17. The van der Waals surface area contributed by atoms with E-state index in [4.69, 9.17) is 9.15 Å². The molecule has 0 aliphatic rings. The molecule has 1 amide bonds. The van der Waals surface area contributed by atoms with Crippen LogP contribution in [0.3, 0.4) is 0 Å². The van der Waals surface area contributed by atoms with Gasteiger partial charge in [-0.1, -0.05) is 0 Å². The van der Waals surface area contributed by atoms with Crippen LogP contribution in [0.25, 0.3) is 22.4 Å². The van der Waals surface area contributed by atoms with Gasteiger partial charge in [0.15, 0.2) is 11.1 Å². The van der Waals surface area contributed by atoms with E-state index in [9.17, 15) is 14.7 Å². The normalized spacial score (nSPS) is 10.5. The Morgan fingerprint density at radius 3 is 3.00 bits per heavy atom. The van der Waals surface area contributed by atoms with Crippen LogP contribution in [0.15, 0.2) is 46.0 Å². The number of benzene rings is 1. The summed E-state index contributed by atoms with van der Waals surface area (Å²) in [7, 11) is 0. The first-order chi connectivity index (χ1) is 11.6. The van der Waals surface area contributed by atoms with E-state index in [0.717, 1.165) is 0 Å². The van der Waals surface area contributed by atoms with Crippen molar-refractivity contribution in [3.8, 4) is 17.1 Å². The second kappa shape index (κ2) is 6.37. The zero-order chi connectivity index (χ0) is 17.1. The smallest absolute Gasteiger partial charge is 0.411 e. The number of amides is 1. The number of carbonyl (C=O) groups excluding carboxylic acids is 1. The molecule has 2 N–H and O–H groups in total. The van der Waals surface area contributed by atoms with Crippen molar-refractivity contribution in [3.63, 3.8) is 0 Å². The number of rotatable bonds is 3. The van der Waals surface area contributed by atoms with Crippen LogP contribution in [0.5, 0.6) is 5.75 Å². The van der Waals surface area contributed by atoms with Crippen molar-refractivity contribution in [2.45, 2.75) is 6.92 Å². The van der Waals surface area contributed by atoms with Crippen LogP contribution < -0.4 is 10.7 Å². The van der Waals surface area contributed by atoms with Gasteiger partial charge in [0.2, 0.25) is 5.43 Å². The van der Waals surface area contributed by atoms with Gasteiger partial charge in [-0.2, -0.15) is 0 Å². The Labute approximate surface area is 135 Å². The van der Waals surface area contributed by atoms with Crippen molar-refractivity contribution in [1.82, 2.24) is 9.97 Å². The standard InChI is InChI=1S/C16H13N3O5/c1-2-23-16(22)19-11-4-3-9(20)5-10(11)13-6-12(21)15-14(24-13)7-17-8-18-15/h3-8,20H,2H2,1H3,(H,19,22). The van der Waals surface area contributed by atoms with E-state index in [1.807, 2.05) is 0 Å². The van der Waals surface area contributed by atoms with E-state index >= 15 is 0 Å². The SMILES string of the molecule is CCOC(=O)Nc1ccc(O)cc1-c1cc(=O)c2ncncc2o1. The summed E-state index contributed by atoms with van der Waals surface area (Å²) in [5.41, 5.74) is 0.634. The number of anilines is 1. The molecule has 0 radical (unpaired) electrons. The number of hydrogen-bond donors (Lipinski definition) is 2. The summed E-state index contributed by atoms with van der Waals surface area (Å²) >= 11 is 0. The zero-order valence-corrected chi connectivity index (χ0v) is 12.6. The summed E-state index contributed by atoms with van der Waals surface area (Å²) in [6, 6.07) is 5.48. The minimum atomic E-state index is -0.657. The molecule has 8 heteroatoms. The van der Waals surface area contributed by atoms with Crippen LogP contribution in [0.1, 0.15) is 6.92 Å². The number of ether oxygens (including phenoxy) is 1. The molecule has 2 aromatic heterocycles. The number of aromatic hydroxyl groups is 1. The first-order valence-corrected chi connectivity index (χ1v) is 7.09. The van der Waals surface area contributed by atoms with E-state index in [1.54, 1.807) is 6.92 Å². The summed E-state index contributed by atoms with van der Waals surface area (Å²) in [6.45, 7) is 1.89. The van der Waals surface area contributed by atoms with Gasteiger partial charge in [0.25, 0.3) is 0 Å². The number of nitrogens with zero attached hydrogens (tertiary/aromatic N) is 2. The third-order valence-electron chi connectivity index (χ3n) is 3.17. The lowest BCUT2D eigenvalue weighted by Crippen LogP contribution is -2.14. The number of phenolic OH excluding ortho intramolecular Hbond substituents is 1. The lowest BCUT2D eigenvalue weighted by molar-refractivity contribution is 0.168. The molecule has 3 rings (SSSR count). The highest BCUT2D eigenvalue weighted by Crippen LogP contribution is 2.32. The minimum Gasteiger partial charge on any atom is -0.508 e. The quantitative estimate of drug-likeness (QED) is 0.710. The van der Waals surface area contributed by atoms with Crippen molar-refractivity contribution in [2.75, 3.05) is 11.9 Å². The van der Waals surface area contributed by atoms with E-state index in [0.29, 0.717) is 11.3 Å². The summed E-state index contributed by atoms with van der Waals surface area (Å²) in [4.78, 5) is 31.5. The summed E-state index contributed by atoms with van der Waals surface area (Å²) in [5, 5.41) is 12.3. The van der Waals surface area contributed by atoms with Crippen LogP contribution in [0, 0.1) is 0 Å². The van der Waals surface area contributed by atoms with Crippen LogP contribution >= 0.6 is 0 Å². The van der Waals surface area contributed by atoms with Crippen molar-refractivity contribution in [1.29, 1.82) is 0 Å². The Morgan fingerprint density at radius 1 is 1.38 bits per heavy atom. The van der Waals surface area contributed by atoms with Crippen molar-refractivity contribution in [2.24, 2.45) is 0 Å². The Hall–Kier alpha value is -3.42. The molecule has 0 aliphatic heterocycles. The molecule has 0 saturated carbocycles. The minimum absolute atomic E-state index is 0.0496. The summed E-state index contributed by atoms with van der Waals surface area (Å²) < 4.78 is 10.5. The topological polar surface area (TPSA) is 115 Å². The lowest BCUT2D eigenvalue weighted by Gasteiger charge is -2.11. The maximum Gasteiger partial charge on any atom is 0.411 e. The molecular weight excluding hydrogens is 314 g/mol. The van der Waals surface area contributed by atoms with Gasteiger partial charge in [-0.05, 0) is 25.1 Å². The second-order valence-electron chi connectivity index (χ2n) is 4.79. The maximum absolute atomic E-state index is 12.2. The number of hydrogen-bond acceptors (Lipinski definition) is 7. The molecule has 8 nitrogen and oxygen atoms in total. The average Bonchev–Trinajstić information content (AvgIpc) is 2.56. The number of phenols is 1. The molecule has 122 valence electrons. The summed E-state index contributed by atoms with van der Waals surface area (Å²) in [5.74, 6) is 0.108. The Morgan fingerprint density at radius 2 is 2.21 bits per heavy atom. The first kappa shape index (κ1) is 15.5. The molecule has 3 aromatic rings. The number of aromatic nitrogens is 2. The van der Waals surface area contributed by atoms with Crippen LogP contribution in [-0.4, -0.2) is 27.8 Å². The fraction of sp³-hybridized carbons (Fsp3) is 0.125. The second-order valence-corrected chi connectivity index (χ2v) is 4.79. The molecule has 0 aliphatic carbocycles. The van der Waals surface area contributed by atoms with Crippen LogP contribution in [0.2, 0.25) is 0 Å². The van der Waals surface area contributed by atoms with E-state index in [2.05, 4.69) is 15.3 Å². The fourth-order valence-electron chi connectivity index (χ4n) is 2.17. The monoisotopic (exact) mass is 327 g/mol. The predicted octanol–water partition coefficient (Wildman–Crippen LogP) is 2.52. The highest BCUT2D eigenvalue weighted by molar-refractivity contribution is 5.91. The lowest BCUT2D eigenvalue weighted by atomic mass is 10.1. The van der Waals surface area contributed by atoms with Gasteiger partial charge in [-0.15, -0.1) is 0 Å². The van der Waals surface area contributed by atoms with E-state index in [-0.39, 0.29) is 34.6 Å². The van der Waals surface area contributed by atoms with Gasteiger partial charge in [0, 0.05) is 11.6 Å². The molecule has 0 saturated heterocycles. The van der Waals surface area contributed by atoms with Crippen molar-refractivity contribution < 1.29 is 19.1 Å². The van der Waals surface area contributed by atoms with Crippen LogP contribution in [-0.2, 0) is 4.74 Å². The molecule has 0 bridgehead atoms. The van der Waals surface area contributed by atoms with E-state index in [1.165, 1.54) is 36.8 Å². The molecule has 0 unspecified atom stereocenters. The van der Waals surface area contributed by atoms with Gasteiger partial charge in [-0.25, -0.2) is 14.8 Å². The predicted molar refractivity (Wildman–Crippen MR) is 85.8 cm³/mol. The molecular formula is C16H13N3O5. The molecule has 0 atom stereocenters. The number of fused-ring (bicyclic) bond motifs is 1.